The molecule has 0 fully saturated rings. The Bertz CT molecular complexity index is 415. The number of hydrogen-bond donors (Lipinski definition) is 0. The van der Waals surface area contributed by atoms with Gasteiger partial charge in [0.15, 0.2) is 0 Å². The van der Waals surface area contributed by atoms with Crippen LogP contribution in [0.15, 0.2) is 10.7 Å². The number of halogens is 4. The van der Waals surface area contributed by atoms with Crippen molar-refractivity contribution in [3.63, 3.8) is 0 Å². The van der Waals surface area contributed by atoms with Crippen LogP contribution < -0.4 is 0 Å². The molecule has 0 aliphatic rings. The zero-order valence-corrected chi connectivity index (χ0v) is 10.5. The highest BCUT2D eigenvalue weighted by atomic mass is 79.9. The van der Waals surface area contributed by atoms with Gasteiger partial charge in [-0.1, -0.05) is 11.6 Å². The average Bonchev–Trinajstić information content (AvgIpc) is 2.22. The van der Waals surface area contributed by atoms with Crippen molar-refractivity contribution in [2.24, 2.45) is 0 Å². The molecule has 0 saturated heterocycles. The van der Waals surface area contributed by atoms with E-state index in [-0.39, 0.29) is 27.3 Å². The standard InChI is InChI=1S/C9H7BrClF2NO2/c1-16-7(15)3-6-4(9(12)13)2-5(11)8(10)14-6/h2,9H,3H2,1H3. The van der Waals surface area contributed by atoms with Crippen molar-refractivity contribution in [1.29, 1.82) is 0 Å². The first-order valence-corrected chi connectivity index (χ1v) is 5.32. The fraction of sp³-hybridized carbons (Fsp3) is 0.333. The number of alkyl halides is 2. The van der Waals surface area contributed by atoms with Crippen LogP contribution in [0, 0.1) is 0 Å². The van der Waals surface area contributed by atoms with Crippen molar-refractivity contribution in [1.82, 2.24) is 4.98 Å². The van der Waals surface area contributed by atoms with Gasteiger partial charge in [-0.15, -0.1) is 0 Å². The summed E-state index contributed by atoms with van der Waals surface area (Å²) >= 11 is 8.64. The van der Waals surface area contributed by atoms with E-state index in [1.807, 2.05) is 0 Å². The van der Waals surface area contributed by atoms with Crippen LogP contribution in [0.5, 0.6) is 0 Å². The maximum Gasteiger partial charge on any atom is 0.311 e. The maximum absolute atomic E-state index is 12.6. The number of ether oxygens (including phenoxy) is 1. The molecule has 0 spiro atoms. The number of methoxy groups -OCH3 is 1. The number of pyridine rings is 1. The van der Waals surface area contributed by atoms with Crippen molar-refractivity contribution in [3.05, 3.63) is 26.9 Å². The van der Waals surface area contributed by atoms with Crippen molar-refractivity contribution in [2.75, 3.05) is 7.11 Å². The van der Waals surface area contributed by atoms with Gasteiger partial charge in [-0.2, -0.15) is 0 Å². The van der Waals surface area contributed by atoms with Crippen molar-refractivity contribution in [2.45, 2.75) is 12.8 Å². The SMILES string of the molecule is COC(=O)Cc1nc(Br)c(Cl)cc1C(F)F. The maximum atomic E-state index is 12.6. The molecule has 0 radical (unpaired) electrons. The third kappa shape index (κ3) is 3.12. The van der Waals surface area contributed by atoms with Gasteiger partial charge in [-0.3, -0.25) is 4.79 Å². The van der Waals surface area contributed by atoms with Gasteiger partial charge < -0.3 is 4.74 Å². The van der Waals surface area contributed by atoms with E-state index >= 15 is 0 Å². The number of hydrogen-bond acceptors (Lipinski definition) is 3. The highest BCUT2D eigenvalue weighted by Gasteiger charge is 2.19. The van der Waals surface area contributed by atoms with Crippen LogP contribution in [0.25, 0.3) is 0 Å². The van der Waals surface area contributed by atoms with E-state index in [1.54, 1.807) is 0 Å². The van der Waals surface area contributed by atoms with Crippen LogP contribution in [0.2, 0.25) is 5.02 Å². The summed E-state index contributed by atoms with van der Waals surface area (Å²) in [5, 5.41) is 0.0731. The number of carbonyl (C=O) groups is 1. The molecule has 88 valence electrons. The van der Waals surface area contributed by atoms with Crippen LogP contribution >= 0.6 is 27.5 Å². The Morgan fingerprint density at radius 2 is 2.31 bits per heavy atom. The molecule has 0 N–H and O–H groups in total. The molecule has 0 aliphatic heterocycles. The van der Waals surface area contributed by atoms with E-state index in [9.17, 15) is 13.6 Å². The van der Waals surface area contributed by atoms with Gasteiger partial charge in [0.25, 0.3) is 6.43 Å². The van der Waals surface area contributed by atoms with E-state index < -0.39 is 12.4 Å². The van der Waals surface area contributed by atoms with Gasteiger partial charge in [0.2, 0.25) is 0 Å². The lowest BCUT2D eigenvalue weighted by molar-refractivity contribution is -0.139. The summed E-state index contributed by atoms with van der Waals surface area (Å²) in [4.78, 5) is 14.8. The molecule has 1 aromatic rings. The molecule has 0 bridgehead atoms. The third-order valence-corrected chi connectivity index (χ3v) is 2.94. The lowest BCUT2D eigenvalue weighted by atomic mass is 10.1. The molecule has 0 atom stereocenters. The Morgan fingerprint density at radius 1 is 1.69 bits per heavy atom. The highest BCUT2D eigenvalue weighted by Crippen LogP contribution is 2.29. The number of aromatic nitrogens is 1. The summed E-state index contributed by atoms with van der Waals surface area (Å²) in [5.41, 5.74) is -0.406. The Kier molecular flexibility index (Phi) is 4.61. The normalized spacial score (nSPS) is 10.6. The topological polar surface area (TPSA) is 39.2 Å². The fourth-order valence-corrected chi connectivity index (χ4v) is 1.54. The quantitative estimate of drug-likeness (QED) is 0.635. The number of rotatable bonds is 3. The average molecular weight is 315 g/mol. The Hall–Kier alpha value is -0.750. The Morgan fingerprint density at radius 3 is 2.81 bits per heavy atom. The zero-order chi connectivity index (χ0) is 12.3. The first-order chi connectivity index (χ1) is 7.45. The van der Waals surface area contributed by atoms with Gasteiger partial charge >= 0.3 is 5.97 Å². The molecular weight excluding hydrogens is 307 g/mol. The minimum atomic E-state index is -2.74. The first kappa shape index (κ1) is 13.3. The van der Waals surface area contributed by atoms with Crippen molar-refractivity contribution < 1.29 is 18.3 Å². The molecule has 0 unspecified atom stereocenters. The summed E-state index contributed by atoms with van der Waals surface area (Å²) in [6.45, 7) is 0. The summed E-state index contributed by atoms with van der Waals surface area (Å²) in [5.74, 6) is -0.636. The van der Waals surface area contributed by atoms with E-state index in [4.69, 9.17) is 11.6 Å². The van der Waals surface area contributed by atoms with Crippen LogP contribution in [-0.2, 0) is 16.0 Å². The molecule has 0 aliphatic carbocycles. The molecule has 1 heterocycles. The second-order valence-electron chi connectivity index (χ2n) is 2.85. The minimum Gasteiger partial charge on any atom is -0.469 e. The van der Waals surface area contributed by atoms with E-state index in [0.29, 0.717) is 0 Å². The van der Waals surface area contributed by atoms with Crippen molar-refractivity contribution in [3.8, 4) is 0 Å². The Labute approximate surface area is 104 Å². The van der Waals surface area contributed by atoms with Crippen LogP contribution in [-0.4, -0.2) is 18.1 Å². The highest BCUT2D eigenvalue weighted by molar-refractivity contribution is 9.10. The third-order valence-electron chi connectivity index (χ3n) is 1.82. The molecular formula is C9H7BrClF2NO2. The predicted octanol–water partition coefficient (Wildman–Crippen LogP) is 3.15. The zero-order valence-electron chi connectivity index (χ0n) is 8.14. The van der Waals surface area contributed by atoms with Crippen LogP contribution in [0.4, 0.5) is 8.78 Å². The molecule has 1 aromatic heterocycles. The minimum absolute atomic E-state index is 0.0434. The number of esters is 1. The molecule has 1 rings (SSSR count). The molecule has 7 heteroatoms. The fourth-order valence-electron chi connectivity index (χ4n) is 1.06. The lowest BCUT2D eigenvalue weighted by Gasteiger charge is -2.08. The largest absolute Gasteiger partial charge is 0.469 e. The summed E-state index contributed by atoms with van der Waals surface area (Å²) in [6, 6.07) is 1.08. The summed E-state index contributed by atoms with van der Waals surface area (Å²) in [7, 11) is 1.18. The lowest BCUT2D eigenvalue weighted by Crippen LogP contribution is -2.09. The molecule has 0 aromatic carbocycles. The smallest absolute Gasteiger partial charge is 0.311 e. The second kappa shape index (κ2) is 5.54. The first-order valence-electron chi connectivity index (χ1n) is 4.15. The van der Waals surface area contributed by atoms with E-state index in [1.165, 1.54) is 7.11 Å². The second-order valence-corrected chi connectivity index (χ2v) is 4.01. The number of nitrogens with zero attached hydrogens (tertiary/aromatic N) is 1. The predicted molar refractivity (Wildman–Crippen MR) is 57.6 cm³/mol. The monoisotopic (exact) mass is 313 g/mol. The summed E-state index contributed by atoms with van der Waals surface area (Å²) < 4.78 is 29.9. The van der Waals surface area contributed by atoms with Crippen LogP contribution in [0.1, 0.15) is 17.7 Å². The van der Waals surface area contributed by atoms with Gasteiger partial charge in [0.1, 0.15) is 4.60 Å². The van der Waals surface area contributed by atoms with Gasteiger partial charge in [-0.25, -0.2) is 13.8 Å². The van der Waals surface area contributed by atoms with Crippen LogP contribution in [0.3, 0.4) is 0 Å². The van der Waals surface area contributed by atoms with Gasteiger partial charge in [-0.05, 0) is 22.0 Å². The summed E-state index contributed by atoms with van der Waals surface area (Å²) in [6.07, 6.45) is -3.05. The molecule has 3 nitrogen and oxygen atoms in total. The van der Waals surface area contributed by atoms with Gasteiger partial charge in [0.05, 0.1) is 24.2 Å². The molecule has 0 saturated carbocycles. The van der Waals surface area contributed by atoms with Gasteiger partial charge in [0, 0.05) is 5.56 Å². The molecule has 0 amide bonds. The molecule has 16 heavy (non-hydrogen) atoms. The van der Waals surface area contributed by atoms with E-state index in [0.717, 1.165) is 6.07 Å². The van der Waals surface area contributed by atoms with E-state index in [2.05, 4.69) is 25.7 Å². The number of carbonyl (C=O) groups excluding carboxylic acids is 1. The van der Waals surface area contributed by atoms with Crippen molar-refractivity contribution >= 4 is 33.5 Å². The Balaban J connectivity index is 3.14.